The Bertz CT molecular complexity index is 761. The molecule has 1 saturated heterocycles. The van der Waals surface area contributed by atoms with Crippen LogP contribution in [-0.2, 0) is 22.5 Å². The molecule has 6 heteroatoms. The van der Waals surface area contributed by atoms with E-state index in [9.17, 15) is 4.79 Å². The van der Waals surface area contributed by atoms with E-state index in [0.29, 0.717) is 6.42 Å². The van der Waals surface area contributed by atoms with Crippen molar-refractivity contribution in [3.8, 4) is 0 Å². The first-order valence-corrected chi connectivity index (χ1v) is 9.99. The summed E-state index contributed by atoms with van der Waals surface area (Å²) in [5, 5.41) is 0. The lowest BCUT2D eigenvalue weighted by Gasteiger charge is -2.37. The van der Waals surface area contributed by atoms with Gasteiger partial charge >= 0.3 is 5.97 Å². The molecule has 1 aliphatic rings. The summed E-state index contributed by atoms with van der Waals surface area (Å²) in [4.78, 5) is 16.6. The molecular weight excluding hydrogens is 406 g/mol. The molecule has 0 bridgehead atoms. The number of nitrogens with zero attached hydrogens (tertiary/aromatic N) is 2. The number of halogens is 1. The van der Waals surface area contributed by atoms with E-state index in [4.69, 9.17) is 10.5 Å². The zero-order chi connectivity index (χ0) is 19.2. The fourth-order valence-corrected chi connectivity index (χ4v) is 3.81. The molecule has 3 rings (SSSR count). The van der Waals surface area contributed by atoms with Crippen LogP contribution in [0.1, 0.15) is 11.1 Å². The standard InChI is InChI=1S/C21H26BrN3O2/c1-27-21(26)19(23)13-17-7-8-18(22)14-20(17)25-11-9-24(10-12-25)15-16-5-3-2-4-6-16/h2-8,14,19H,9-13,15,23H2,1H3. The van der Waals surface area contributed by atoms with Gasteiger partial charge in [-0.25, -0.2) is 0 Å². The SMILES string of the molecule is COC(=O)C(N)Cc1ccc(Br)cc1N1CCN(Cc2ccccc2)CC1. The van der Waals surface area contributed by atoms with Crippen molar-refractivity contribution in [3.63, 3.8) is 0 Å². The van der Waals surface area contributed by atoms with Crippen molar-refractivity contribution in [1.82, 2.24) is 4.90 Å². The predicted octanol–water partition coefficient (Wildman–Crippen LogP) is 2.81. The number of piperazine rings is 1. The summed E-state index contributed by atoms with van der Waals surface area (Å²) in [6, 6.07) is 16.1. The van der Waals surface area contributed by atoms with Crippen molar-refractivity contribution in [1.29, 1.82) is 0 Å². The predicted molar refractivity (Wildman–Crippen MR) is 112 cm³/mol. The summed E-state index contributed by atoms with van der Waals surface area (Å²) in [7, 11) is 1.37. The van der Waals surface area contributed by atoms with E-state index in [0.717, 1.165) is 48.4 Å². The quantitative estimate of drug-likeness (QED) is 0.712. The van der Waals surface area contributed by atoms with Gasteiger partial charge in [0.15, 0.2) is 0 Å². The first kappa shape index (κ1) is 19.9. The van der Waals surface area contributed by atoms with Gasteiger partial charge in [-0.2, -0.15) is 0 Å². The molecule has 1 heterocycles. The number of hydrogen-bond acceptors (Lipinski definition) is 5. The number of carbonyl (C=O) groups excluding carboxylic acids is 1. The molecule has 1 atom stereocenters. The highest BCUT2D eigenvalue weighted by Gasteiger charge is 2.22. The molecule has 0 aliphatic carbocycles. The Morgan fingerprint density at radius 1 is 1.15 bits per heavy atom. The van der Waals surface area contributed by atoms with Crippen molar-refractivity contribution in [2.75, 3.05) is 38.2 Å². The van der Waals surface area contributed by atoms with Gasteiger partial charge in [0.1, 0.15) is 6.04 Å². The van der Waals surface area contributed by atoms with E-state index in [1.165, 1.54) is 12.7 Å². The van der Waals surface area contributed by atoms with Gasteiger partial charge in [-0.15, -0.1) is 0 Å². The van der Waals surface area contributed by atoms with Crippen LogP contribution in [0.3, 0.4) is 0 Å². The average Bonchev–Trinajstić information content (AvgIpc) is 2.70. The molecule has 1 aliphatic heterocycles. The topological polar surface area (TPSA) is 58.8 Å². The molecule has 1 fully saturated rings. The molecule has 0 spiro atoms. The normalized spacial score (nSPS) is 16.2. The maximum atomic E-state index is 11.7. The smallest absolute Gasteiger partial charge is 0.322 e. The lowest BCUT2D eigenvalue weighted by atomic mass is 10.0. The van der Waals surface area contributed by atoms with Crippen LogP contribution < -0.4 is 10.6 Å². The van der Waals surface area contributed by atoms with Crippen LogP contribution in [0, 0.1) is 0 Å². The maximum Gasteiger partial charge on any atom is 0.322 e. The highest BCUT2D eigenvalue weighted by atomic mass is 79.9. The second-order valence-corrected chi connectivity index (χ2v) is 7.77. The summed E-state index contributed by atoms with van der Waals surface area (Å²) in [6.07, 6.45) is 0.472. The third-order valence-corrected chi connectivity index (χ3v) is 5.45. The maximum absolute atomic E-state index is 11.7. The summed E-state index contributed by atoms with van der Waals surface area (Å²) < 4.78 is 5.80. The van der Waals surface area contributed by atoms with E-state index < -0.39 is 6.04 Å². The van der Waals surface area contributed by atoms with Crippen molar-refractivity contribution in [3.05, 3.63) is 64.1 Å². The molecule has 0 saturated carbocycles. The van der Waals surface area contributed by atoms with E-state index in [1.807, 2.05) is 12.1 Å². The van der Waals surface area contributed by atoms with Gasteiger partial charge in [0, 0.05) is 49.3 Å². The Hall–Kier alpha value is -1.89. The molecule has 2 N–H and O–H groups in total. The van der Waals surface area contributed by atoms with E-state index in [2.05, 4.69) is 62.1 Å². The average molecular weight is 432 g/mol. The summed E-state index contributed by atoms with van der Waals surface area (Å²) >= 11 is 3.57. The first-order valence-electron chi connectivity index (χ1n) is 9.20. The molecule has 27 heavy (non-hydrogen) atoms. The molecule has 0 aromatic heterocycles. The first-order chi connectivity index (χ1) is 13.1. The van der Waals surface area contributed by atoms with E-state index in [-0.39, 0.29) is 5.97 Å². The third-order valence-electron chi connectivity index (χ3n) is 4.95. The monoisotopic (exact) mass is 431 g/mol. The number of carbonyl (C=O) groups is 1. The van der Waals surface area contributed by atoms with Crippen LogP contribution >= 0.6 is 15.9 Å². The Kier molecular flexibility index (Phi) is 6.88. The van der Waals surface area contributed by atoms with Gasteiger partial charge in [-0.1, -0.05) is 52.3 Å². The third kappa shape index (κ3) is 5.31. The van der Waals surface area contributed by atoms with Crippen molar-refractivity contribution in [2.24, 2.45) is 5.73 Å². The molecule has 0 radical (unpaired) electrons. The molecule has 5 nitrogen and oxygen atoms in total. The summed E-state index contributed by atoms with van der Waals surface area (Å²) in [5.74, 6) is -0.378. The molecule has 0 amide bonds. The van der Waals surface area contributed by atoms with Crippen molar-refractivity contribution in [2.45, 2.75) is 19.0 Å². The minimum Gasteiger partial charge on any atom is -0.468 e. The van der Waals surface area contributed by atoms with Gasteiger partial charge in [-0.05, 0) is 23.3 Å². The Morgan fingerprint density at radius 3 is 2.52 bits per heavy atom. The van der Waals surface area contributed by atoms with Crippen LogP contribution in [0.25, 0.3) is 0 Å². The summed E-state index contributed by atoms with van der Waals surface area (Å²) in [5.41, 5.74) is 9.55. The molecular formula is C21H26BrN3O2. The van der Waals surface area contributed by atoms with Gasteiger partial charge in [0.2, 0.25) is 0 Å². The molecule has 2 aromatic carbocycles. The Labute approximate surface area is 169 Å². The van der Waals surface area contributed by atoms with Crippen LogP contribution in [0.5, 0.6) is 0 Å². The van der Waals surface area contributed by atoms with Crippen molar-refractivity contribution >= 4 is 27.6 Å². The zero-order valence-electron chi connectivity index (χ0n) is 15.6. The van der Waals surface area contributed by atoms with Crippen LogP contribution in [0.4, 0.5) is 5.69 Å². The van der Waals surface area contributed by atoms with Crippen LogP contribution in [0.15, 0.2) is 53.0 Å². The highest BCUT2D eigenvalue weighted by molar-refractivity contribution is 9.10. The number of methoxy groups -OCH3 is 1. The van der Waals surface area contributed by atoms with Gasteiger partial charge in [0.05, 0.1) is 7.11 Å². The molecule has 2 aromatic rings. The fraction of sp³-hybridized carbons (Fsp3) is 0.381. The number of esters is 1. The van der Waals surface area contributed by atoms with Gasteiger partial charge < -0.3 is 15.4 Å². The number of benzene rings is 2. The minimum absolute atomic E-state index is 0.378. The lowest BCUT2D eigenvalue weighted by molar-refractivity contribution is -0.142. The number of rotatable bonds is 6. The summed E-state index contributed by atoms with van der Waals surface area (Å²) in [6.45, 7) is 4.88. The van der Waals surface area contributed by atoms with E-state index in [1.54, 1.807) is 0 Å². The zero-order valence-corrected chi connectivity index (χ0v) is 17.2. The van der Waals surface area contributed by atoms with Crippen LogP contribution in [-0.4, -0.2) is 50.2 Å². The minimum atomic E-state index is -0.644. The Balaban J connectivity index is 1.66. The number of nitrogens with two attached hydrogens (primary N) is 1. The van der Waals surface area contributed by atoms with Crippen molar-refractivity contribution < 1.29 is 9.53 Å². The number of anilines is 1. The molecule has 1 unspecified atom stereocenters. The largest absolute Gasteiger partial charge is 0.468 e. The van der Waals surface area contributed by atoms with Gasteiger partial charge in [-0.3, -0.25) is 9.69 Å². The Morgan fingerprint density at radius 2 is 1.85 bits per heavy atom. The second kappa shape index (κ2) is 9.35. The number of ether oxygens (including phenoxy) is 1. The number of hydrogen-bond donors (Lipinski definition) is 1. The van der Waals surface area contributed by atoms with Gasteiger partial charge in [0.25, 0.3) is 0 Å². The second-order valence-electron chi connectivity index (χ2n) is 6.86. The highest BCUT2D eigenvalue weighted by Crippen LogP contribution is 2.27. The fourth-order valence-electron chi connectivity index (χ4n) is 3.46. The lowest BCUT2D eigenvalue weighted by Crippen LogP contribution is -2.46. The van der Waals surface area contributed by atoms with Crippen LogP contribution in [0.2, 0.25) is 0 Å². The molecule has 144 valence electrons. The van der Waals surface area contributed by atoms with E-state index >= 15 is 0 Å².